The Labute approximate surface area is 102 Å². The Morgan fingerprint density at radius 1 is 1.35 bits per heavy atom. The molecule has 17 heavy (non-hydrogen) atoms. The Kier molecular flexibility index (Phi) is 5.49. The summed E-state index contributed by atoms with van der Waals surface area (Å²) in [4.78, 5) is 13.0. The summed E-state index contributed by atoms with van der Waals surface area (Å²) in [7, 11) is 3.25. The van der Waals surface area contributed by atoms with Crippen LogP contribution < -0.4 is 4.74 Å². The fraction of sp³-hybridized carbons (Fsp3) is 0.462. The predicted octanol–water partition coefficient (Wildman–Crippen LogP) is 1.48. The summed E-state index contributed by atoms with van der Waals surface area (Å²) in [5, 5.41) is 0. The van der Waals surface area contributed by atoms with Gasteiger partial charge in [-0.3, -0.25) is 4.79 Å². The van der Waals surface area contributed by atoms with E-state index in [1.54, 1.807) is 11.9 Å². The maximum Gasteiger partial charge on any atom is 0.248 e. The first-order valence-electron chi connectivity index (χ1n) is 5.56. The number of ether oxygens (including phenoxy) is 2. The molecule has 0 aromatic heterocycles. The summed E-state index contributed by atoms with van der Waals surface area (Å²) < 4.78 is 10.4. The fourth-order valence-corrected chi connectivity index (χ4v) is 1.37. The van der Waals surface area contributed by atoms with E-state index in [0.717, 1.165) is 11.3 Å². The highest BCUT2D eigenvalue weighted by atomic mass is 16.5. The SMILES string of the molecule is COCC(=O)N(C)CCOc1ccccc1C. The molecule has 0 aliphatic heterocycles. The molecule has 1 amide bonds. The summed E-state index contributed by atoms with van der Waals surface area (Å²) in [5.74, 6) is 0.820. The molecule has 0 spiro atoms. The van der Waals surface area contributed by atoms with Crippen molar-refractivity contribution in [3.8, 4) is 5.75 Å². The van der Waals surface area contributed by atoms with Gasteiger partial charge in [0.15, 0.2) is 0 Å². The maximum atomic E-state index is 11.4. The van der Waals surface area contributed by atoms with E-state index in [1.807, 2.05) is 31.2 Å². The molecule has 94 valence electrons. The molecule has 0 N–H and O–H groups in total. The van der Waals surface area contributed by atoms with E-state index < -0.39 is 0 Å². The largest absolute Gasteiger partial charge is 0.491 e. The van der Waals surface area contributed by atoms with Gasteiger partial charge in [-0.25, -0.2) is 0 Å². The van der Waals surface area contributed by atoms with E-state index in [1.165, 1.54) is 7.11 Å². The van der Waals surface area contributed by atoms with Crippen LogP contribution in [-0.2, 0) is 9.53 Å². The lowest BCUT2D eigenvalue weighted by molar-refractivity contribution is -0.134. The third kappa shape index (κ3) is 4.44. The quantitative estimate of drug-likeness (QED) is 0.752. The van der Waals surface area contributed by atoms with Gasteiger partial charge in [-0.2, -0.15) is 0 Å². The minimum atomic E-state index is -0.0408. The van der Waals surface area contributed by atoms with Gasteiger partial charge in [-0.15, -0.1) is 0 Å². The van der Waals surface area contributed by atoms with Crippen molar-refractivity contribution in [3.05, 3.63) is 29.8 Å². The minimum Gasteiger partial charge on any atom is -0.491 e. The molecule has 0 radical (unpaired) electrons. The summed E-state index contributed by atoms with van der Waals surface area (Å²) in [6.07, 6.45) is 0. The number of rotatable bonds is 6. The summed E-state index contributed by atoms with van der Waals surface area (Å²) in [5.41, 5.74) is 1.10. The van der Waals surface area contributed by atoms with Crippen LogP contribution in [0, 0.1) is 6.92 Å². The highest BCUT2D eigenvalue weighted by Gasteiger charge is 2.07. The molecular formula is C13H19NO3. The van der Waals surface area contributed by atoms with Gasteiger partial charge < -0.3 is 14.4 Å². The van der Waals surface area contributed by atoms with Gasteiger partial charge in [0, 0.05) is 14.2 Å². The average molecular weight is 237 g/mol. The van der Waals surface area contributed by atoms with Crippen LogP contribution in [0.25, 0.3) is 0 Å². The highest BCUT2D eigenvalue weighted by Crippen LogP contribution is 2.15. The standard InChI is InChI=1S/C13H19NO3/c1-11-6-4-5-7-12(11)17-9-8-14(2)13(15)10-16-3/h4-7H,8-10H2,1-3H3. The van der Waals surface area contributed by atoms with E-state index in [2.05, 4.69) is 0 Å². The Hall–Kier alpha value is -1.55. The topological polar surface area (TPSA) is 38.8 Å². The molecule has 0 heterocycles. The molecule has 4 nitrogen and oxygen atoms in total. The van der Waals surface area contributed by atoms with Gasteiger partial charge in [-0.1, -0.05) is 18.2 Å². The highest BCUT2D eigenvalue weighted by molar-refractivity contribution is 5.77. The lowest BCUT2D eigenvalue weighted by Crippen LogP contribution is -2.33. The number of amides is 1. The Bertz CT molecular complexity index is 365. The number of carbonyl (C=O) groups is 1. The monoisotopic (exact) mass is 237 g/mol. The summed E-state index contributed by atoms with van der Waals surface area (Å²) in [6, 6.07) is 7.82. The summed E-state index contributed by atoms with van der Waals surface area (Å²) in [6.45, 7) is 3.14. The van der Waals surface area contributed by atoms with E-state index >= 15 is 0 Å². The first kappa shape index (κ1) is 13.5. The zero-order valence-corrected chi connectivity index (χ0v) is 10.6. The molecule has 1 rings (SSSR count). The van der Waals surface area contributed by atoms with E-state index in [-0.39, 0.29) is 12.5 Å². The van der Waals surface area contributed by atoms with Crippen LogP contribution in [0.1, 0.15) is 5.56 Å². The molecule has 0 bridgehead atoms. The van der Waals surface area contributed by atoms with Gasteiger partial charge >= 0.3 is 0 Å². The van der Waals surface area contributed by atoms with Crippen molar-refractivity contribution in [2.75, 3.05) is 33.9 Å². The fourth-order valence-electron chi connectivity index (χ4n) is 1.37. The third-order valence-electron chi connectivity index (χ3n) is 2.47. The molecule has 0 atom stereocenters. The zero-order chi connectivity index (χ0) is 12.7. The average Bonchev–Trinajstić information content (AvgIpc) is 2.31. The smallest absolute Gasteiger partial charge is 0.248 e. The van der Waals surface area contributed by atoms with Gasteiger partial charge in [0.1, 0.15) is 19.0 Å². The first-order valence-corrected chi connectivity index (χ1v) is 5.56. The Balaban J connectivity index is 2.33. The van der Waals surface area contributed by atoms with Gasteiger partial charge in [0.25, 0.3) is 0 Å². The number of hydrogen-bond acceptors (Lipinski definition) is 3. The van der Waals surface area contributed by atoms with Crippen molar-refractivity contribution in [2.24, 2.45) is 0 Å². The normalized spacial score (nSPS) is 10.1. The second-order valence-electron chi connectivity index (χ2n) is 3.86. The Morgan fingerprint density at radius 2 is 2.06 bits per heavy atom. The molecule has 4 heteroatoms. The van der Waals surface area contributed by atoms with Crippen LogP contribution in [-0.4, -0.2) is 44.7 Å². The number of benzene rings is 1. The van der Waals surface area contributed by atoms with Crippen molar-refractivity contribution in [1.29, 1.82) is 0 Å². The van der Waals surface area contributed by atoms with E-state index in [0.29, 0.717) is 13.2 Å². The van der Waals surface area contributed by atoms with Crippen LogP contribution in [0.5, 0.6) is 5.75 Å². The van der Waals surface area contributed by atoms with Gasteiger partial charge in [0.2, 0.25) is 5.91 Å². The zero-order valence-electron chi connectivity index (χ0n) is 10.6. The maximum absolute atomic E-state index is 11.4. The number of carbonyl (C=O) groups excluding carboxylic acids is 1. The van der Waals surface area contributed by atoms with Crippen molar-refractivity contribution in [1.82, 2.24) is 4.90 Å². The van der Waals surface area contributed by atoms with Gasteiger partial charge in [0.05, 0.1) is 6.54 Å². The lowest BCUT2D eigenvalue weighted by Gasteiger charge is -2.17. The molecule has 0 aliphatic rings. The third-order valence-corrected chi connectivity index (χ3v) is 2.47. The van der Waals surface area contributed by atoms with E-state index in [9.17, 15) is 4.79 Å². The van der Waals surface area contributed by atoms with Gasteiger partial charge in [-0.05, 0) is 18.6 Å². The first-order chi connectivity index (χ1) is 8.15. The molecule has 1 aromatic rings. The number of para-hydroxylation sites is 1. The van der Waals surface area contributed by atoms with Crippen LogP contribution in [0.3, 0.4) is 0 Å². The van der Waals surface area contributed by atoms with Crippen LogP contribution in [0.2, 0.25) is 0 Å². The molecule has 0 fully saturated rings. The molecule has 1 aromatic carbocycles. The van der Waals surface area contributed by atoms with Crippen LogP contribution in [0.4, 0.5) is 0 Å². The molecule has 0 saturated heterocycles. The summed E-state index contributed by atoms with van der Waals surface area (Å²) >= 11 is 0. The molecule has 0 saturated carbocycles. The van der Waals surface area contributed by atoms with Crippen molar-refractivity contribution in [2.45, 2.75) is 6.92 Å². The van der Waals surface area contributed by atoms with Crippen molar-refractivity contribution >= 4 is 5.91 Å². The number of likely N-dealkylation sites (N-methyl/N-ethyl adjacent to an activating group) is 1. The predicted molar refractivity (Wildman–Crippen MR) is 66.2 cm³/mol. The lowest BCUT2D eigenvalue weighted by atomic mass is 10.2. The molecular weight excluding hydrogens is 218 g/mol. The second-order valence-corrected chi connectivity index (χ2v) is 3.86. The van der Waals surface area contributed by atoms with Crippen molar-refractivity contribution in [3.63, 3.8) is 0 Å². The number of aryl methyl sites for hydroxylation is 1. The van der Waals surface area contributed by atoms with Crippen LogP contribution in [0.15, 0.2) is 24.3 Å². The Morgan fingerprint density at radius 3 is 2.71 bits per heavy atom. The molecule has 0 aliphatic carbocycles. The van der Waals surface area contributed by atoms with Crippen molar-refractivity contribution < 1.29 is 14.3 Å². The number of methoxy groups -OCH3 is 1. The number of nitrogens with zero attached hydrogens (tertiary/aromatic N) is 1. The minimum absolute atomic E-state index is 0.0408. The number of hydrogen-bond donors (Lipinski definition) is 0. The second kappa shape index (κ2) is 6.91. The van der Waals surface area contributed by atoms with E-state index in [4.69, 9.17) is 9.47 Å². The molecule has 0 unspecified atom stereocenters. The van der Waals surface area contributed by atoms with Crippen LogP contribution >= 0.6 is 0 Å².